The Morgan fingerprint density at radius 3 is 2.72 bits per heavy atom. The smallest absolute Gasteiger partial charge is 0.322 e. The van der Waals surface area contributed by atoms with E-state index in [0.717, 1.165) is 11.3 Å². The second-order valence-corrected chi connectivity index (χ2v) is 7.91. The number of aromatic nitrogens is 1. The lowest BCUT2D eigenvalue weighted by Crippen LogP contribution is -2.71. The molecule has 2 aromatic carbocycles. The number of anilines is 2. The minimum absolute atomic E-state index is 0.104. The third-order valence-corrected chi connectivity index (χ3v) is 6.15. The summed E-state index contributed by atoms with van der Waals surface area (Å²) in [7, 11) is 0. The molecule has 2 aliphatic rings. The number of hydrogen-bond acceptors (Lipinski definition) is 4. The molecule has 32 heavy (non-hydrogen) atoms. The van der Waals surface area contributed by atoms with Crippen LogP contribution in [0, 0.1) is 5.82 Å². The van der Waals surface area contributed by atoms with E-state index >= 15 is 0 Å². The molecule has 0 spiro atoms. The summed E-state index contributed by atoms with van der Waals surface area (Å²) < 4.78 is 13.5. The van der Waals surface area contributed by atoms with E-state index in [1.165, 1.54) is 24.4 Å². The Morgan fingerprint density at radius 2 is 1.97 bits per heavy atom. The lowest BCUT2D eigenvalue weighted by Gasteiger charge is -2.58. The summed E-state index contributed by atoms with van der Waals surface area (Å²) in [6.07, 6.45) is 3.12. The van der Waals surface area contributed by atoms with E-state index in [-0.39, 0.29) is 31.0 Å². The van der Waals surface area contributed by atoms with Crippen LogP contribution in [0.2, 0.25) is 0 Å². The van der Waals surface area contributed by atoms with Gasteiger partial charge in [0.15, 0.2) is 0 Å². The second kappa shape index (κ2) is 8.05. The number of pyridine rings is 1. The Labute approximate surface area is 184 Å². The molecule has 3 heterocycles. The van der Waals surface area contributed by atoms with Gasteiger partial charge in [-0.1, -0.05) is 24.3 Å². The number of benzene rings is 2. The Balaban J connectivity index is 1.47. The van der Waals surface area contributed by atoms with Crippen LogP contribution in [0.15, 0.2) is 73.1 Å². The molecule has 1 aromatic heterocycles. The van der Waals surface area contributed by atoms with Gasteiger partial charge in [-0.3, -0.25) is 9.78 Å². The standard InChI is InChI=1S/C24H21FN4O3/c25-16-6-3-7-17(11-16)27-24(32)29-20-13-28(23(31)15-5-4-10-26-12-15)19-9-2-1-8-18(19)22(20)21(29)14-30/h1-12,20-22,30H,13-14H2,(H,27,32)/t20-,21+,22+/m0/s1. The van der Waals surface area contributed by atoms with Crippen LogP contribution < -0.4 is 10.2 Å². The molecule has 8 heteroatoms. The van der Waals surface area contributed by atoms with E-state index in [1.807, 2.05) is 24.3 Å². The van der Waals surface area contributed by atoms with Crippen LogP contribution in [-0.2, 0) is 0 Å². The van der Waals surface area contributed by atoms with Gasteiger partial charge < -0.3 is 20.2 Å². The molecule has 5 rings (SSSR count). The van der Waals surface area contributed by atoms with Gasteiger partial charge in [0.2, 0.25) is 0 Å². The summed E-state index contributed by atoms with van der Waals surface area (Å²) in [5.74, 6) is -0.767. The van der Waals surface area contributed by atoms with Gasteiger partial charge in [0.05, 0.1) is 24.3 Å². The highest BCUT2D eigenvalue weighted by Crippen LogP contribution is 2.48. The minimum Gasteiger partial charge on any atom is -0.394 e. The highest BCUT2D eigenvalue weighted by molar-refractivity contribution is 6.07. The summed E-state index contributed by atoms with van der Waals surface area (Å²) in [5.41, 5.74) is 2.46. The number of fused-ring (bicyclic) bond motifs is 3. The molecular formula is C24H21FN4O3. The van der Waals surface area contributed by atoms with E-state index in [2.05, 4.69) is 10.3 Å². The summed E-state index contributed by atoms with van der Waals surface area (Å²) in [6, 6.07) is 15.4. The lowest BCUT2D eigenvalue weighted by molar-refractivity contribution is -0.00266. The number of urea groups is 1. The number of halogens is 1. The topological polar surface area (TPSA) is 85.8 Å². The molecule has 7 nitrogen and oxygen atoms in total. The predicted octanol–water partition coefficient (Wildman–Crippen LogP) is 3.24. The van der Waals surface area contributed by atoms with Gasteiger partial charge in [0.25, 0.3) is 5.91 Å². The molecule has 0 saturated carbocycles. The number of aliphatic hydroxyl groups excluding tert-OH is 1. The number of carbonyl (C=O) groups excluding carboxylic acids is 2. The molecule has 1 saturated heterocycles. The number of hydrogen-bond donors (Lipinski definition) is 2. The normalized spacial score (nSPS) is 21.2. The highest BCUT2D eigenvalue weighted by Gasteiger charge is 2.55. The quantitative estimate of drug-likeness (QED) is 0.665. The van der Waals surface area contributed by atoms with E-state index in [4.69, 9.17) is 0 Å². The van der Waals surface area contributed by atoms with E-state index in [0.29, 0.717) is 11.3 Å². The molecular weight excluding hydrogens is 411 g/mol. The number of aliphatic hydroxyl groups is 1. The maximum Gasteiger partial charge on any atom is 0.322 e. The van der Waals surface area contributed by atoms with Crippen LogP contribution in [0.3, 0.4) is 0 Å². The fraction of sp³-hybridized carbons (Fsp3) is 0.208. The number of amides is 3. The zero-order chi connectivity index (χ0) is 22.2. The van der Waals surface area contributed by atoms with Crippen LogP contribution in [-0.4, -0.2) is 52.2 Å². The Hall–Kier alpha value is -3.78. The number of para-hydroxylation sites is 1. The Bertz CT molecular complexity index is 1170. The van der Waals surface area contributed by atoms with Gasteiger partial charge in [0.1, 0.15) is 5.82 Å². The predicted molar refractivity (Wildman–Crippen MR) is 117 cm³/mol. The van der Waals surface area contributed by atoms with Crippen molar-refractivity contribution in [1.29, 1.82) is 0 Å². The monoisotopic (exact) mass is 432 g/mol. The van der Waals surface area contributed by atoms with Crippen molar-refractivity contribution in [2.75, 3.05) is 23.4 Å². The number of likely N-dealkylation sites (tertiary alicyclic amines) is 1. The lowest BCUT2D eigenvalue weighted by atomic mass is 9.72. The maximum atomic E-state index is 13.5. The maximum absolute atomic E-state index is 13.5. The summed E-state index contributed by atoms with van der Waals surface area (Å²) >= 11 is 0. The molecule has 3 aromatic rings. The van der Waals surface area contributed by atoms with Crippen LogP contribution in [0.25, 0.3) is 0 Å². The fourth-order valence-electron chi connectivity index (χ4n) is 4.76. The molecule has 3 atom stereocenters. The summed E-state index contributed by atoms with van der Waals surface area (Å²) in [6.45, 7) is 0.0606. The first-order chi connectivity index (χ1) is 15.6. The van der Waals surface area contributed by atoms with Crippen molar-refractivity contribution in [3.05, 3.63) is 90.0 Å². The first-order valence-corrected chi connectivity index (χ1v) is 10.3. The fourth-order valence-corrected chi connectivity index (χ4v) is 4.76. The van der Waals surface area contributed by atoms with Crippen LogP contribution in [0.4, 0.5) is 20.6 Å². The number of nitrogens with zero attached hydrogens (tertiary/aromatic N) is 3. The SMILES string of the molecule is O=C(c1cccnc1)N1C[C@H]2[C@@H](c3ccccc31)[C@@H](CO)N2C(=O)Nc1cccc(F)c1. The van der Waals surface area contributed by atoms with E-state index < -0.39 is 17.9 Å². The van der Waals surface area contributed by atoms with E-state index in [9.17, 15) is 19.1 Å². The highest BCUT2D eigenvalue weighted by atomic mass is 19.1. The zero-order valence-corrected chi connectivity index (χ0v) is 17.1. The third-order valence-electron chi connectivity index (χ3n) is 6.15. The van der Waals surface area contributed by atoms with Crippen molar-refractivity contribution in [3.63, 3.8) is 0 Å². The van der Waals surface area contributed by atoms with Gasteiger partial charge >= 0.3 is 6.03 Å². The first kappa shape index (κ1) is 20.1. The first-order valence-electron chi connectivity index (χ1n) is 10.3. The number of carbonyl (C=O) groups is 2. The van der Waals surface area contributed by atoms with Crippen molar-refractivity contribution >= 4 is 23.3 Å². The van der Waals surface area contributed by atoms with Crippen molar-refractivity contribution in [2.24, 2.45) is 0 Å². The molecule has 2 N–H and O–H groups in total. The molecule has 0 unspecified atom stereocenters. The van der Waals surface area contributed by atoms with Crippen molar-refractivity contribution in [1.82, 2.24) is 9.88 Å². The molecule has 1 fully saturated rings. The Morgan fingerprint density at radius 1 is 1.12 bits per heavy atom. The van der Waals surface area contributed by atoms with Gasteiger partial charge in [-0.2, -0.15) is 0 Å². The van der Waals surface area contributed by atoms with Crippen LogP contribution in [0.1, 0.15) is 21.8 Å². The van der Waals surface area contributed by atoms with Gasteiger partial charge in [-0.25, -0.2) is 9.18 Å². The molecule has 0 aliphatic carbocycles. The molecule has 0 radical (unpaired) electrons. The van der Waals surface area contributed by atoms with E-state index in [1.54, 1.807) is 34.2 Å². The van der Waals surface area contributed by atoms with Crippen molar-refractivity contribution in [2.45, 2.75) is 18.0 Å². The van der Waals surface area contributed by atoms with Gasteiger partial charge in [-0.05, 0) is 42.0 Å². The minimum atomic E-state index is -0.456. The third kappa shape index (κ3) is 3.29. The number of rotatable bonds is 3. The molecule has 0 bridgehead atoms. The Kier molecular flexibility index (Phi) is 5.07. The average Bonchev–Trinajstić information content (AvgIpc) is 2.79. The molecule has 3 amide bonds. The molecule has 162 valence electrons. The zero-order valence-electron chi connectivity index (χ0n) is 17.1. The largest absolute Gasteiger partial charge is 0.394 e. The van der Waals surface area contributed by atoms with Crippen LogP contribution >= 0.6 is 0 Å². The average molecular weight is 432 g/mol. The number of nitrogens with one attached hydrogen (secondary N) is 1. The summed E-state index contributed by atoms with van der Waals surface area (Å²) in [5, 5.41) is 12.8. The van der Waals surface area contributed by atoms with Gasteiger partial charge in [0, 0.05) is 36.2 Å². The van der Waals surface area contributed by atoms with Crippen molar-refractivity contribution < 1.29 is 19.1 Å². The second-order valence-electron chi connectivity index (χ2n) is 7.91. The molecule has 2 aliphatic heterocycles. The van der Waals surface area contributed by atoms with Gasteiger partial charge in [-0.15, -0.1) is 0 Å². The van der Waals surface area contributed by atoms with Crippen LogP contribution in [0.5, 0.6) is 0 Å². The van der Waals surface area contributed by atoms with Crippen molar-refractivity contribution in [3.8, 4) is 0 Å². The summed E-state index contributed by atoms with van der Waals surface area (Å²) in [4.78, 5) is 33.6.